The summed E-state index contributed by atoms with van der Waals surface area (Å²) in [5.74, 6) is 1.13. The fourth-order valence-electron chi connectivity index (χ4n) is 2.80. The first-order valence-corrected chi connectivity index (χ1v) is 8.14. The average Bonchev–Trinajstić information content (AvgIpc) is 3.18. The van der Waals surface area contributed by atoms with E-state index in [0.29, 0.717) is 17.2 Å². The summed E-state index contributed by atoms with van der Waals surface area (Å²) >= 11 is 0. The van der Waals surface area contributed by atoms with Crippen LogP contribution < -0.4 is 10.4 Å². The summed E-state index contributed by atoms with van der Waals surface area (Å²) in [5.41, 5.74) is 3.88. The number of aryl methyl sites for hydroxylation is 2. The van der Waals surface area contributed by atoms with Gasteiger partial charge in [-0.2, -0.15) is 0 Å². The van der Waals surface area contributed by atoms with E-state index in [9.17, 15) is 4.79 Å². The van der Waals surface area contributed by atoms with Gasteiger partial charge in [-0.05, 0) is 49.2 Å². The molecule has 0 atom stereocenters. The number of rotatable bonds is 4. The molecule has 4 rings (SSSR count). The van der Waals surface area contributed by atoms with Crippen LogP contribution in [0.2, 0.25) is 0 Å². The minimum atomic E-state index is -0.378. The maximum absolute atomic E-state index is 11.9. The fraction of sp³-hybridized carbons (Fsp3) is 0.150. The van der Waals surface area contributed by atoms with Gasteiger partial charge in [-0.25, -0.2) is 4.79 Å². The first kappa shape index (κ1) is 16.1. The van der Waals surface area contributed by atoms with E-state index in [1.165, 1.54) is 12.5 Å². The Bertz CT molecular complexity index is 1110. The highest BCUT2D eigenvalue weighted by Crippen LogP contribution is 2.25. The van der Waals surface area contributed by atoms with Crippen LogP contribution in [0, 0.1) is 13.8 Å². The fourth-order valence-corrected chi connectivity index (χ4v) is 2.80. The van der Waals surface area contributed by atoms with E-state index in [0.717, 1.165) is 27.6 Å². The van der Waals surface area contributed by atoms with Crippen LogP contribution >= 0.6 is 0 Å². The molecular weight excluding hydrogens is 332 g/mol. The van der Waals surface area contributed by atoms with Gasteiger partial charge in [0.25, 0.3) is 0 Å². The molecule has 0 aliphatic carbocycles. The van der Waals surface area contributed by atoms with Crippen molar-refractivity contribution >= 4 is 11.0 Å². The van der Waals surface area contributed by atoms with Crippen molar-refractivity contribution in [2.45, 2.75) is 20.5 Å². The van der Waals surface area contributed by atoms with E-state index in [4.69, 9.17) is 13.6 Å². The first-order chi connectivity index (χ1) is 12.6. The quantitative estimate of drug-likeness (QED) is 0.518. The van der Waals surface area contributed by atoms with Gasteiger partial charge in [-0.1, -0.05) is 12.1 Å². The lowest BCUT2D eigenvalue weighted by atomic mass is 10.0. The summed E-state index contributed by atoms with van der Waals surface area (Å²) in [7, 11) is 0. The van der Waals surface area contributed by atoms with Crippen molar-refractivity contribution in [3.63, 3.8) is 0 Å². The molecule has 0 bridgehead atoms. The molecular formula is C20H16N2O4. The molecule has 0 N–H and O–H groups in total. The summed E-state index contributed by atoms with van der Waals surface area (Å²) in [5, 5.41) is 8.41. The number of aromatic nitrogens is 2. The van der Waals surface area contributed by atoms with E-state index in [-0.39, 0.29) is 12.2 Å². The number of benzene rings is 2. The van der Waals surface area contributed by atoms with Crippen molar-refractivity contribution in [3.8, 4) is 17.2 Å². The molecule has 2 aromatic carbocycles. The molecule has 0 radical (unpaired) electrons. The highest BCUT2D eigenvalue weighted by molar-refractivity contribution is 5.83. The molecule has 6 nitrogen and oxygen atoms in total. The number of ether oxygens (including phenoxy) is 1. The standard InChI is InChI=1S/C20H16N2O4/c1-12-3-8-17-15(9-18(23)26-19(17)13(12)2)10-24-16-6-4-14(5-7-16)20-22-21-11-25-20/h3-9,11H,10H2,1-2H3. The summed E-state index contributed by atoms with van der Waals surface area (Å²) in [6.07, 6.45) is 1.29. The Labute approximate surface area is 149 Å². The predicted octanol–water partition coefficient (Wildman–Crippen LogP) is 4.04. The normalized spacial score (nSPS) is 11.0. The molecule has 0 aliphatic heterocycles. The van der Waals surface area contributed by atoms with Crippen LogP contribution in [0.15, 0.2) is 62.5 Å². The maximum Gasteiger partial charge on any atom is 0.336 e. The second-order valence-electron chi connectivity index (χ2n) is 6.03. The maximum atomic E-state index is 11.9. The van der Waals surface area contributed by atoms with E-state index < -0.39 is 0 Å². The monoisotopic (exact) mass is 348 g/mol. The van der Waals surface area contributed by atoms with Crippen molar-refractivity contribution in [2.75, 3.05) is 0 Å². The molecule has 6 heteroatoms. The Hall–Kier alpha value is -3.41. The molecule has 0 spiro atoms. The molecule has 0 amide bonds. The van der Waals surface area contributed by atoms with Gasteiger partial charge in [-0.3, -0.25) is 0 Å². The van der Waals surface area contributed by atoms with Crippen LogP contribution in [-0.4, -0.2) is 10.2 Å². The highest BCUT2D eigenvalue weighted by Gasteiger charge is 2.10. The van der Waals surface area contributed by atoms with Crippen molar-refractivity contribution in [1.82, 2.24) is 10.2 Å². The Morgan fingerprint density at radius 1 is 1.08 bits per heavy atom. The molecule has 0 aliphatic rings. The van der Waals surface area contributed by atoms with Crippen LogP contribution in [0.1, 0.15) is 16.7 Å². The van der Waals surface area contributed by atoms with Gasteiger partial charge in [0, 0.05) is 22.6 Å². The second kappa shape index (κ2) is 6.48. The Morgan fingerprint density at radius 2 is 1.88 bits per heavy atom. The van der Waals surface area contributed by atoms with Crippen LogP contribution in [0.5, 0.6) is 5.75 Å². The van der Waals surface area contributed by atoms with Gasteiger partial charge in [0.15, 0.2) is 0 Å². The van der Waals surface area contributed by atoms with Crippen LogP contribution in [0.25, 0.3) is 22.4 Å². The van der Waals surface area contributed by atoms with E-state index in [1.54, 1.807) is 0 Å². The van der Waals surface area contributed by atoms with E-state index in [1.807, 2.05) is 50.2 Å². The topological polar surface area (TPSA) is 78.4 Å². The lowest BCUT2D eigenvalue weighted by molar-refractivity contribution is 0.306. The zero-order valence-electron chi connectivity index (χ0n) is 14.4. The lowest BCUT2D eigenvalue weighted by Crippen LogP contribution is -2.05. The molecule has 4 aromatic rings. The third-order valence-electron chi connectivity index (χ3n) is 4.37. The highest BCUT2D eigenvalue weighted by atomic mass is 16.5. The number of hydrogen-bond acceptors (Lipinski definition) is 6. The third kappa shape index (κ3) is 2.97. The van der Waals surface area contributed by atoms with Gasteiger partial charge >= 0.3 is 5.63 Å². The van der Waals surface area contributed by atoms with Crippen LogP contribution in [0.3, 0.4) is 0 Å². The molecule has 0 saturated carbocycles. The summed E-state index contributed by atoms with van der Waals surface area (Å²) in [6, 6.07) is 12.8. The number of fused-ring (bicyclic) bond motifs is 1. The average molecular weight is 348 g/mol. The lowest BCUT2D eigenvalue weighted by Gasteiger charge is -2.10. The van der Waals surface area contributed by atoms with E-state index in [2.05, 4.69) is 10.2 Å². The largest absolute Gasteiger partial charge is 0.489 e. The zero-order valence-corrected chi connectivity index (χ0v) is 14.4. The molecule has 130 valence electrons. The molecule has 0 unspecified atom stereocenters. The first-order valence-electron chi connectivity index (χ1n) is 8.14. The number of hydrogen-bond donors (Lipinski definition) is 0. The van der Waals surface area contributed by atoms with Crippen LogP contribution in [0.4, 0.5) is 0 Å². The van der Waals surface area contributed by atoms with Gasteiger partial charge in [0.2, 0.25) is 12.3 Å². The summed E-state index contributed by atoms with van der Waals surface area (Å²) < 4.78 is 16.4. The zero-order chi connectivity index (χ0) is 18.1. The molecule has 0 fully saturated rings. The van der Waals surface area contributed by atoms with Crippen molar-refractivity contribution < 1.29 is 13.6 Å². The SMILES string of the molecule is Cc1ccc2c(COc3ccc(-c4nnco4)cc3)cc(=O)oc2c1C. The van der Waals surface area contributed by atoms with Crippen molar-refractivity contribution in [2.24, 2.45) is 0 Å². The second-order valence-corrected chi connectivity index (χ2v) is 6.03. The minimum absolute atomic E-state index is 0.268. The van der Waals surface area contributed by atoms with E-state index >= 15 is 0 Å². The van der Waals surface area contributed by atoms with Crippen LogP contribution in [-0.2, 0) is 6.61 Å². The van der Waals surface area contributed by atoms with Crippen molar-refractivity contribution in [1.29, 1.82) is 0 Å². The molecule has 2 heterocycles. The number of nitrogens with zero attached hydrogens (tertiary/aromatic N) is 2. The van der Waals surface area contributed by atoms with Gasteiger partial charge in [0.1, 0.15) is 17.9 Å². The smallest absolute Gasteiger partial charge is 0.336 e. The summed E-state index contributed by atoms with van der Waals surface area (Å²) in [4.78, 5) is 11.9. The predicted molar refractivity (Wildman–Crippen MR) is 96.0 cm³/mol. The summed E-state index contributed by atoms with van der Waals surface area (Å²) in [6.45, 7) is 4.20. The molecule has 26 heavy (non-hydrogen) atoms. The molecule has 2 aromatic heterocycles. The van der Waals surface area contributed by atoms with Gasteiger partial charge in [-0.15, -0.1) is 10.2 Å². The van der Waals surface area contributed by atoms with Gasteiger partial charge in [0.05, 0.1) is 0 Å². The Balaban J connectivity index is 1.60. The third-order valence-corrected chi connectivity index (χ3v) is 4.37. The van der Waals surface area contributed by atoms with Crippen molar-refractivity contribution in [3.05, 3.63) is 76.0 Å². The van der Waals surface area contributed by atoms with Gasteiger partial charge < -0.3 is 13.6 Å². The Kier molecular flexibility index (Phi) is 4.01. The molecule has 0 saturated heterocycles. The Morgan fingerprint density at radius 3 is 2.62 bits per heavy atom. The minimum Gasteiger partial charge on any atom is -0.489 e.